The molecule has 0 radical (unpaired) electrons. The Morgan fingerprint density at radius 1 is 0.496 bits per heavy atom. The number of hydrogen-bond donors (Lipinski definition) is 22. The topological polar surface area (TPSA) is 662 Å². The summed E-state index contributed by atoms with van der Waals surface area (Å²) in [5.74, 6) is -4.02. The first-order valence-electron chi connectivity index (χ1n) is 48.9. The lowest BCUT2D eigenvalue weighted by Crippen LogP contribution is -2.68. The van der Waals surface area contributed by atoms with Crippen LogP contribution in [0.2, 0.25) is 0 Å². The van der Waals surface area contributed by atoms with Crippen molar-refractivity contribution in [2.24, 2.45) is 56.2 Å². The Morgan fingerprint density at radius 3 is 1.63 bits per heavy atom. The summed E-state index contributed by atoms with van der Waals surface area (Å²) < 4.78 is 111. The number of hydrogen-bond acceptors (Lipinski definition) is 43. The van der Waals surface area contributed by atoms with Crippen LogP contribution in [0.3, 0.4) is 0 Å². The van der Waals surface area contributed by atoms with Crippen molar-refractivity contribution in [3.8, 4) is 0 Å². The van der Waals surface area contributed by atoms with Gasteiger partial charge in [0, 0.05) is 17.4 Å². The molecule has 13 aliphatic rings. The second kappa shape index (κ2) is 44.0. The lowest BCUT2D eigenvalue weighted by atomic mass is 9.33. The van der Waals surface area contributed by atoms with Crippen LogP contribution in [0.4, 0.5) is 0 Å². The van der Waals surface area contributed by atoms with Crippen molar-refractivity contribution < 1.29 is 212 Å². The highest BCUT2D eigenvalue weighted by molar-refractivity contribution is 5.88. The summed E-state index contributed by atoms with van der Waals surface area (Å²) in [6.45, 7) is 29.6. The summed E-state index contributed by atoms with van der Waals surface area (Å²) in [5.41, 5.74) is -6.27. The van der Waals surface area contributed by atoms with E-state index in [0.717, 1.165) is 5.57 Å². The Hall–Kier alpha value is -4.11. The Balaban J connectivity index is 0.756. The molecule has 0 aromatic rings. The fourth-order valence-electron chi connectivity index (χ4n) is 24.3. The summed E-state index contributed by atoms with van der Waals surface area (Å²) in [4.78, 5) is 45.1. The second-order valence-corrected chi connectivity index (χ2v) is 43.7. The van der Waals surface area contributed by atoms with Crippen LogP contribution in [-0.4, -0.2) is 420 Å². The zero-order valence-corrected chi connectivity index (χ0v) is 81.5. The highest BCUT2D eigenvalue weighted by atomic mass is 16.8. The molecule has 12 fully saturated rings. The molecular weight excluding hydrogens is 1840 g/mol. The minimum atomic E-state index is -2.22. The van der Waals surface area contributed by atoms with Crippen molar-refractivity contribution in [2.45, 2.75) is 444 Å². The molecule has 796 valence electrons. The first-order chi connectivity index (χ1) is 65.1. The van der Waals surface area contributed by atoms with Crippen LogP contribution >= 0.6 is 0 Å². The third kappa shape index (κ3) is 21.9. The molecule has 43 nitrogen and oxygen atoms in total. The highest BCUT2D eigenvalue weighted by Gasteiger charge is 2.72. The SMILES string of the molecule is C=C[C@](C)(O)CC/C=C(\C)C(=O)O[C@H]1[C@H](O)[C@@H](O)[C@H](O[C@](C)(C=C)CCC[C@H](C)C(=O)O[C@H]2C[C@]3(C(=O)O[C@@H]4O[C@H](CO)[C@@H](O)[C@H](O)[C@H]4O[C@@H]4O[C@@H](C)[C@H](O[C@@H]5O[C@@H](CO)[C@H](O)[C@H]5O)[C@@H](O[C@@H]5O[C@H](CO)[C@@H](O)[C@H](O)[C@H]5O)[C@H]4O)CC[C@]4(C)C(=CC[C@@H]5[C@@]6(C)CC[C@H](O[C@@H]7O[C@H](CO[C@@H]8O[C@H](C)[C@H](O)[C@H](O)[C@H]8O[C@@H]8OC[C@@H](O)[C@H](O)[C@H]8O)[C@@H](O)[C@H](O)[C@H]7O)C(C)(C)[C@@H]6CC[C@]54C)[C@@H]3CC2(C)C)O[C@@H]1C. The number of ether oxygens (including phenoxy) is 18. The third-order valence-electron chi connectivity index (χ3n) is 33.7. The number of fused-ring (bicyclic) bond motifs is 7. The summed E-state index contributed by atoms with van der Waals surface area (Å²) in [7, 11) is 0. The highest BCUT2D eigenvalue weighted by Crippen LogP contribution is 2.76. The Labute approximate surface area is 808 Å². The van der Waals surface area contributed by atoms with Gasteiger partial charge in [-0.15, -0.1) is 13.2 Å². The molecule has 0 bridgehead atoms. The quantitative estimate of drug-likeness (QED) is 0.0103. The van der Waals surface area contributed by atoms with E-state index in [9.17, 15) is 117 Å². The Morgan fingerprint density at radius 2 is 1.01 bits per heavy atom. The first kappa shape index (κ1) is 112. The molecule has 4 saturated carbocycles. The number of rotatable bonds is 33. The minimum Gasteiger partial charge on any atom is -0.462 e. The molecule has 50 atom stereocenters. The van der Waals surface area contributed by atoms with Crippen LogP contribution in [0.25, 0.3) is 0 Å². The molecule has 22 N–H and O–H groups in total. The number of allylic oxidation sites excluding steroid dienone is 3. The smallest absolute Gasteiger partial charge is 0.333 e. The number of aliphatic hydroxyl groups excluding tert-OH is 21. The second-order valence-electron chi connectivity index (χ2n) is 43.7. The predicted molar refractivity (Wildman–Crippen MR) is 474 cm³/mol. The average molecular weight is 2000 g/mol. The molecule has 0 amide bonds. The largest absolute Gasteiger partial charge is 0.462 e. The fraction of sp³-hybridized carbons (Fsp3) is 0.885. The lowest BCUT2D eigenvalue weighted by molar-refractivity contribution is -0.390. The summed E-state index contributed by atoms with van der Waals surface area (Å²) >= 11 is 0. The molecule has 139 heavy (non-hydrogen) atoms. The molecule has 8 aliphatic heterocycles. The standard InChI is InChI=1S/C96H154O43/c1-17-91(12,121)27-19-21-41(4)79(119)133-73-43(6)126-85(71(116)66(73)111)139-92(13,18-2)28-20-22-40(3)78(118)131-55-34-96(88(120)138-87-77(65(110)59(104)49(36-98)129-87)137-84-72(117)75(135-83-70(115)62(107)58(103)48(35-97)127-83)74(44(7)125-84)134-82-68(113)60(105)50(37-99)128-82)32-31-94(15)45(46(96)33-89(55,8)9)23-24-53-93(14)29-26-54(90(10,11)52(93)25-30-95(53,94)16)132-81-69(114)63(108)61(106)51(130-81)39-123-86-76(64(109)56(101)42(5)124-86)136-80-67(112)57(102)47(100)38-122-80/h17-18,21,23,40,42-44,46-77,80-87,97-117,121H,1-2,19-20,22,24-39H2,3-16H3/b41-21+/t40-,42+,43+,44-,46-,47+,48+,49+,50-,51+,52-,53+,54-,55-,56-,57-,58+,59+,60-,61+,62-,63-,64-,65-,66+,67+,68+,69+,70+,71+,72+,73+,74-,75-,76+,77+,80-,81-,82-,83-,84-,85-,86+,87-,91-,92+,93-,94+,95+,96+/m0/s1. The number of esters is 3. The molecule has 0 spiro atoms. The van der Waals surface area contributed by atoms with Crippen LogP contribution in [0.1, 0.15) is 187 Å². The summed E-state index contributed by atoms with van der Waals surface area (Å²) in [6.07, 6.45) is -55.7. The normalized spacial score (nSPS) is 48.8. The van der Waals surface area contributed by atoms with Gasteiger partial charge >= 0.3 is 17.9 Å². The van der Waals surface area contributed by atoms with E-state index in [2.05, 4.69) is 53.9 Å². The maximum atomic E-state index is 16.8. The Bertz CT molecular complexity index is 4200. The van der Waals surface area contributed by atoms with Gasteiger partial charge in [0.25, 0.3) is 0 Å². The van der Waals surface area contributed by atoms with Gasteiger partial charge in [0.1, 0.15) is 159 Å². The molecule has 43 heteroatoms. The van der Waals surface area contributed by atoms with Gasteiger partial charge in [0.15, 0.2) is 56.2 Å². The van der Waals surface area contributed by atoms with E-state index in [-0.39, 0.29) is 62.4 Å². The number of aliphatic hydroxyl groups is 22. The number of carbonyl (C=O) groups excluding carboxylic acids is 3. The van der Waals surface area contributed by atoms with E-state index >= 15 is 9.59 Å². The van der Waals surface area contributed by atoms with Crippen LogP contribution in [-0.2, 0) is 99.6 Å². The van der Waals surface area contributed by atoms with Gasteiger partial charge < -0.3 is 198 Å². The van der Waals surface area contributed by atoms with E-state index in [0.29, 0.717) is 44.9 Å². The minimum absolute atomic E-state index is 0.0468. The predicted octanol–water partition coefficient (Wildman–Crippen LogP) is -2.90. The molecule has 0 unspecified atom stereocenters. The maximum Gasteiger partial charge on any atom is 0.333 e. The van der Waals surface area contributed by atoms with E-state index < -0.39 is 352 Å². The summed E-state index contributed by atoms with van der Waals surface area (Å²) in [5, 5.41) is 244. The summed E-state index contributed by atoms with van der Waals surface area (Å²) in [6, 6.07) is 0. The van der Waals surface area contributed by atoms with E-state index in [1.807, 2.05) is 13.8 Å². The van der Waals surface area contributed by atoms with Gasteiger partial charge in [0.05, 0.1) is 80.0 Å². The van der Waals surface area contributed by atoms with E-state index in [1.54, 1.807) is 33.8 Å². The van der Waals surface area contributed by atoms with Crippen LogP contribution in [0.5, 0.6) is 0 Å². The van der Waals surface area contributed by atoms with Gasteiger partial charge in [-0.05, 0) is 164 Å². The van der Waals surface area contributed by atoms with Crippen LogP contribution < -0.4 is 0 Å². The van der Waals surface area contributed by atoms with Gasteiger partial charge in [0.2, 0.25) is 6.29 Å². The average Bonchev–Trinajstić information content (AvgIpc) is 0.758. The van der Waals surface area contributed by atoms with Crippen molar-refractivity contribution in [2.75, 3.05) is 33.0 Å². The first-order valence-corrected chi connectivity index (χ1v) is 48.9. The van der Waals surface area contributed by atoms with Gasteiger partial charge in [-0.1, -0.05) is 85.3 Å². The maximum absolute atomic E-state index is 16.8. The monoisotopic (exact) mass is 1990 g/mol. The van der Waals surface area contributed by atoms with Gasteiger partial charge in [-0.25, -0.2) is 4.79 Å². The van der Waals surface area contributed by atoms with Crippen molar-refractivity contribution in [3.05, 3.63) is 48.6 Å². The van der Waals surface area contributed by atoms with Crippen LogP contribution in [0.15, 0.2) is 48.6 Å². The van der Waals surface area contributed by atoms with Crippen LogP contribution in [0, 0.1) is 56.2 Å². The molecule has 8 saturated heterocycles. The van der Waals surface area contributed by atoms with Crippen molar-refractivity contribution in [1.29, 1.82) is 0 Å². The Kier molecular flexibility index (Phi) is 35.5. The fourth-order valence-corrected chi connectivity index (χ4v) is 24.3. The molecule has 0 aromatic heterocycles. The molecular formula is C96H154O43. The van der Waals surface area contributed by atoms with Crippen molar-refractivity contribution in [1.82, 2.24) is 0 Å². The molecule has 0 aromatic carbocycles. The molecule has 8 heterocycles. The van der Waals surface area contributed by atoms with Crippen molar-refractivity contribution in [3.63, 3.8) is 0 Å². The van der Waals surface area contributed by atoms with E-state index in [1.165, 1.54) is 32.9 Å². The molecule has 13 rings (SSSR count). The number of carbonyl (C=O) groups is 3. The zero-order valence-electron chi connectivity index (χ0n) is 81.5. The van der Waals surface area contributed by atoms with E-state index in [4.69, 9.17) is 85.3 Å². The zero-order chi connectivity index (χ0) is 102. The van der Waals surface area contributed by atoms with Crippen molar-refractivity contribution >= 4 is 17.9 Å². The third-order valence-corrected chi connectivity index (χ3v) is 33.7. The molecule has 5 aliphatic carbocycles. The van der Waals surface area contributed by atoms with Gasteiger partial charge in [-0.3, -0.25) is 9.59 Å². The lowest BCUT2D eigenvalue weighted by Gasteiger charge is -2.71. The van der Waals surface area contributed by atoms with Gasteiger partial charge in [-0.2, -0.15) is 0 Å².